The number of benzene rings is 10. The van der Waals surface area contributed by atoms with Crippen LogP contribution < -0.4 is 5.46 Å². The zero-order chi connectivity index (χ0) is 44.1. The number of rotatable bonds is 1. The van der Waals surface area contributed by atoms with Crippen molar-refractivity contribution in [2.24, 2.45) is 0 Å². The van der Waals surface area contributed by atoms with Gasteiger partial charge in [-0.15, -0.1) is 0 Å². The monoisotopic (exact) mass is 892 g/mol. The molecule has 1 saturated heterocycles. The molecule has 10 aromatic rings. The van der Waals surface area contributed by atoms with Crippen molar-refractivity contribution in [1.29, 1.82) is 0 Å². The molecule has 0 amide bonds. The molecule has 2 aliphatic carbocycles. The summed E-state index contributed by atoms with van der Waals surface area (Å²) in [6.07, 6.45) is 0. The third kappa shape index (κ3) is 5.58. The fourth-order valence-corrected chi connectivity index (χ4v) is 11.8. The Hall–Kier alpha value is -5.78. The first-order valence-corrected chi connectivity index (χ1v) is 23.5. The van der Waals surface area contributed by atoms with Gasteiger partial charge >= 0.3 is 7.12 Å². The van der Waals surface area contributed by atoms with Crippen LogP contribution in [0.25, 0.3) is 86.9 Å². The summed E-state index contributed by atoms with van der Waals surface area (Å²) in [4.78, 5) is 0. The summed E-state index contributed by atoms with van der Waals surface area (Å²) in [5, 5.41) is 15.9. The molecule has 0 aromatic heterocycles. The van der Waals surface area contributed by atoms with Crippen molar-refractivity contribution in [2.45, 2.75) is 77.4 Å². The predicted molar refractivity (Wildman–Crippen MR) is 276 cm³/mol. The molecule has 0 unspecified atom stereocenters. The maximum Gasteiger partial charge on any atom is 0.494 e. The summed E-state index contributed by atoms with van der Waals surface area (Å²) in [6.45, 7) is 17.8. The summed E-state index contributed by atoms with van der Waals surface area (Å²) in [5.74, 6) is 0. The standard InChI is InChI=1S/C33H31BO2.C27H19Br/c1-31(2)29-16-15-20(34-35-32(3,4)33(5,6)36-34)17-27(29)28-18-25-23-13-9-7-11-21(23)22-12-8-10-14-24(22)26(25)19-30(28)31;1-27(2)25-12-11-16(28)13-23(25)24-14-21-19-9-5-3-7-17(19)18-8-4-6-10-20(18)22(21)15-26(24)27/h7-19H,1-6H3;3-15H,1-2H3. The van der Waals surface area contributed by atoms with Gasteiger partial charge < -0.3 is 9.31 Å². The van der Waals surface area contributed by atoms with Gasteiger partial charge in [-0.25, -0.2) is 0 Å². The zero-order valence-corrected chi connectivity index (χ0v) is 39.4. The van der Waals surface area contributed by atoms with E-state index < -0.39 is 0 Å². The van der Waals surface area contributed by atoms with Crippen LogP contribution in [0.5, 0.6) is 0 Å². The summed E-state index contributed by atoms with van der Waals surface area (Å²) in [6, 6.07) is 58.5. The predicted octanol–water partition coefficient (Wildman–Crippen LogP) is 16.0. The number of hydrogen-bond donors (Lipinski definition) is 0. The second-order valence-corrected chi connectivity index (χ2v) is 21.3. The Morgan fingerprint density at radius 1 is 0.328 bits per heavy atom. The van der Waals surface area contributed by atoms with E-state index in [2.05, 4.69) is 229 Å². The van der Waals surface area contributed by atoms with Crippen LogP contribution in [0.2, 0.25) is 0 Å². The number of hydrogen-bond acceptors (Lipinski definition) is 2. The van der Waals surface area contributed by atoms with E-state index in [0.29, 0.717) is 0 Å². The molecule has 0 atom stereocenters. The maximum atomic E-state index is 6.40. The van der Waals surface area contributed by atoms with Crippen molar-refractivity contribution >= 4 is 93.1 Å². The van der Waals surface area contributed by atoms with E-state index >= 15 is 0 Å². The summed E-state index contributed by atoms with van der Waals surface area (Å²) in [5.41, 5.74) is 11.2. The highest BCUT2D eigenvalue weighted by atomic mass is 79.9. The Labute approximate surface area is 384 Å². The molecule has 1 aliphatic heterocycles. The van der Waals surface area contributed by atoms with Crippen molar-refractivity contribution in [3.8, 4) is 22.3 Å². The lowest BCUT2D eigenvalue weighted by Gasteiger charge is -2.32. The van der Waals surface area contributed by atoms with Gasteiger partial charge in [0.1, 0.15) is 0 Å². The van der Waals surface area contributed by atoms with Crippen molar-refractivity contribution in [2.75, 3.05) is 0 Å². The lowest BCUT2D eigenvalue weighted by atomic mass is 9.76. The van der Waals surface area contributed by atoms with Crippen molar-refractivity contribution in [1.82, 2.24) is 0 Å². The Balaban J connectivity index is 0.000000139. The second kappa shape index (κ2) is 13.6. The molecule has 3 aliphatic rings. The smallest absolute Gasteiger partial charge is 0.399 e. The minimum Gasteiger partial charge on any atom is -0.399 e. The average molecular weight is 894 g/mol. The van der Waals surface area contributed by atoms with E-state index in [-0.39, 0.29) is 29.2 Å². The van der Waals surface area contributed by atoms with E-state index in [1.54, 1.807) is 0 Å². The van der Waals surface area contributed by atoms with Crippen molar-refractivity contribution in [3.05, 3.63) is 184 Å². The number of fused-ring (bicyclic) bond motifs is 18. The molecule has 0 saturated carbocycles. The molecule has 0 N–H and O–H groups in total. The summed E-state index contributed by atoms with van der Waals surface area (Å²) in [7, 11) is -0.363. The van der Waals surface area contributed by atoms with Crippen LogP contribution in [0, 0.1) is 0 Å². The largest absolute Gasteiger partial charge is 0.494 e. The second-order valence-electron chi connectivity index (χ2n) is 20.4. The van der Waals surface area contributed by atoms with Gasteiger partial charge in [0.05, 0.1) is 11.2 Å². The van der Waals surface area contributed by atoms with Gasteiger partial charge in [-0.3, -0.25) is 0 Å². The molecular weight excluding hydrogens is 843 g/mol. The van der Waals surface area contributed by atoms with E-state index in [0.717, 1.165) is 9.94 Å². The van der Waals surface area contributed by atoms with Crippen LogP contribution in [0.15, 0.2) is 162 Å². The first-order valence-electron chi connectivity index (χ1n) is 22.7. The first kappa shape index (κ1) is 39.8. The molecule has 0 radical (unpaired) electrons. The minimum absolute atomic E-state index is 0.00626. The quantitative estimate of drug-likeness (QED) is 0.121. The van der Waals surface area contributed by atoms with Crippen LogP contribution >= 0.6 is 15.9 Å². The molecule has 0 spiro atoms. The van der Waals surface area contributed by atoms with Crippen LogP contribution in [0.1, 0.15) is 77.6 Å². The molecule has 0 bridgehead atoms. The molecule has 4 heteroatoms. The Morgan fingerprint density at radius 2 is 0.641 bits per heavy atom. The van der Waals surface area contributed by atoms with Crippen LogP contribution in [0.3, 0.4) is 0 Å². The van der Waals surface area contributed by atoms with Gasteiger partial charge in [0.25, 0.3) is 0 Å². The van der Waals surface area contributed by atoms with E-state index in [9.17, 15) is 0 Å². The average Bonchev–Trinajstić information content (AvgIpc) is 3.76. The molecule has 64 heavy (non-hydrogen) atoms. The lowest BCUT2D eigenvalue weighted by Crippen LogP contribution is -2.41. The highest BCUT2D eigenvalue weighted by molar-refractivity contribution is 9.10. The van der Waals surface area contributed by atoms with Crippen LogP contribution in [-0.2, 0) is 20.1 Å². The van der Waals surface area contributed by atoms with Gasteiger partial charge in [0.2, 0.25) is 0 Å². The van der Waals surface area contributed by atoms with Gasteiger partial charge in [0.15, 0.2) is 0 Å². The molecule has 13 rings (SSSR count). The number of halogens is 1. The summed E-state index contributed by atoms with van der Waals surface area (Å²) < 4.78 is 13.9. The third-order valence-electron chi connectivity index (χ3n) is 15.6. The Morgan fingerprint density at radius 3 is 1.03 bits per heavy atom. The highest BCUT2D eigenvalue weighted by Crippen LogP contribution is 2.53. The fraction of sp³-hybridized carbons (Fsp3) is 0.200. The van der Waals surface area contributed by atoms with Crippen LogP contribution in [-0.4, -0.2) is 18.3 Å². The normalized spacial score (nSPS) is 17.2. The topological polar surface area (TPSA) is 18.5 Å². The van der Waals surface area contributed by atoms with Crippen LogP contribution in [0.4, 0.5) is 0 Å². The van der Waals surface area contributed by atoms with Gasteiger partial charge in [-0.2, -0.15) is 0 Å². The zero-order valence-electron chi connectivity index (χ0n) is 37.8. The van der Waals surface area contributed by atoms with Gasteiger partial charge in [-0.05, 0) is 179 Å². The Bertz CT molecular complexity index is 3640. The lowest BCUT2D eigenvalue weighted by molar-refractivity contribution is 0.00578. The van der Waals surface area contributed by atoms with Crippen molar-refractivity contribution < 1.29 is 9.31 Å². The van der Waals surface area contributed by atoms with Crippen molar-refractivity contribution in [3.63, 3.8) is 0 Å². The van der Waals surface area contributed by atoms with E-state index in [4.69, 9.17) is 9.31 Å². The molecule has 1 fully saturated rings. The molecule has 1 heterocycles. The third-order valence-corrected chi connectivity index (χ3v) is 16.1. The highest BCUT2D eigenvalue weighted by Gasteiger charge is 2.52. The van der Waals surface area contributed by atoms with Gasteiger partial charge in [-0.1, -0.05) is 165 Å². The van der Waals surface area contributed by atoms with E-state index in [1.807, 2.05) is 0 Å². The maximum absolute atomic E-state index is 6.40. The molecule has 312 valence electrons. The fourth-order valence-electron chi connectivity index (χ4n) is 11.4. The molecule has 10 aromatic carbocycles. The molecular formula is C60H50BBrO2. The molecule has 2 nitrogen and oxygen atoms in total. The SMILES string of the molecule is CC1(C)c2ccc(B3OC(C)(C)C(C)(C)O3)cc2-c2cc3c4ccccc4c4ccccc4c3cc21.CC1(C)c2ccc(Br)cc2-c2cc3c4ccccc4c4ccccc4c3cc21. The summed E-state index contributed by atoms with van der Waals surface area (Å²) >= 11 is 3.68. The first-order chi connectivity index (χ1) is 30.6. The van der Waals surface area contributed by atoms with Gasteiger partial charge in [0, 0.05) is 15.3 Å². The minimum atomic E-state index is -0.363. The van der Waals surface area contributed by atoms with E-state index in [1.165, 1.54) is 109 Å². The Kier molecular flexibility index (Phi) is 8.47.